The van der Waals surface area contributed by atoms with Gasteiger partial charge in [0.05, 0.1) is 6.61 Å². The second kappa shape index (κ2) is 6.77. The molecule has 2 N–H and O–H groups in total. The molecule has 1 saturated carbocycles. The zero-order chi connectivity index (χ0) is 11.9. The van der Waals surface area contributed by atoms with Crippen LogP contribution in [0.25, 0.3) is 0 Å². The predicted molar refractivity (Wildman–Crippen MR) is 70.8 cm³/mol. The van der Waals surface area contributed by atoms with Crippen molar-refractivity contribution >= 4 is 0 Å². The topological polar surface area (TPSA) is 35.2 Å². The molecule has 2 nitrogen and oxygen atoms in total. The Hall–Kier alpha value is -0.860. The van der Waals surface area contributed by atoms with Gasteiger partial charge in [0, 0.05) is 6.61 Å². The normalized spacial score (nSPS) is 16.5. The van der Waals surface area contributed by atoms with Crippen LogP contribution >= 0.6 is 0 Å². The maximum Gasteiger partial charge on any atom is 0.0717 e. The summed E-state index contributed by atoms with van der Waals surface area (Å²) in [5.74, 6) is 0.812. The number of hydrogen-bond donors (Lipinski definition) is 1. The molecule has 17 heavy (non-hydrogen) atoms. The summed E-state index contributed by atoms with van der Waals surface area (Å²) in [7, 11) is 0. The smallest absolute Gasteiger partial charge is 0.0717 e. The summed E-state index contributed by atoms with van der Waals surface area (Å²) in [5, 5.41) is 0. The molecule has 0 bridgehead atoms. The van der Waals surface area contributed by atoms with Crippen molar-refractivity contribution in [1.29, 1.82) is 0 Å². The highest BCUT2D eigenvalue weighted by Gasteiger charge is 2.14. The van der Waals surface area contributed by atoms with Crippen LogP contribution in [0, 0.1) is 5.92 Å². The van der Waals surface area contributed by atoms with E-state index in [2.05, 4.69) is 24.3 Å². The van der Waals surface area contributed by atoms with E-state index in [0.29, 0.717) is 0 Å². The fourth-order valence-electron chi connectivity index (χ4n) is 2.49. The van der Waals surface area contributed by atoms with Crippen LogP contribution in [0.5, 0.6) is 0 Å². The van der Waals surface area contributed by atoms with Crippen LogP contribution in [-0.2, 0) is 17.8 Å². The van der Waals surface area contributed by atoms with Gasteiger partial charge >= 0.3 is 0 Å². The van der Waals surface area contributed by atoms with Crippen LogP contribution in [0.4, 0.5) is 0 Å². The number of ether oxygens (including phenoxy) is 1. The lowest BCUT2D eigenvalue weighted by Crippen LogP contribution is -2.05. The van der Waals surface area contributed by atoms with E-state index in [1.165, 1.54) is 36.8 Å². The van der Waals surface area contributed by atoms with Crippen LogP contribution in [0.1, 0.15) is 36.8 Å². The summed E-state index contributed by atoms with van der Waals surface area (Å²) in [5.41, 5.74) is 8.10. The first-order valence-corrected chi connectivity index (χ1v) is 6.74. The summed E-state index contributed by atoms with van der Waals surface area (Å²) in [6.45, 7) is 2.40. The third-order valence-electron chi connectivity index (χ3n) is 3.55. The molecule has 0 aromatic heterocycles. The largest absolute Gasteiger partial charge is 0.376 e. The van der Waals surface area contributed by atoms with Crippen molar-refractivity contribution in [2.45, 2.75) is 38.7 Å². The van der Waals surface area contributed by atoms with Gasteiger partial charge in [0.15, 0.2) is 0 Å². The van der Waals surface area contributed by atoms with Crippen molar-refractivity contribution in [1.82, 2.24) is 0 Å². The number of hydrogen-bond acceptors (Lipinski definition) is 2. The van der Waals surface area contributed by atoms with E-state index < -0.39 is 0 Å². The molecule has 0 atom stereocenters. The highest BCUT2D eigenvalue weighted by molar-refractivity contribution is 5.22. The van der Waals surface area contributed by atoms with Gasteiger partial charge in [-0.25, -0.2) is 0 Å². The molecule has 2 heteroatoms. The Bertz CT molecular complexity index is 314. The SMILES string of the molecule is NCCc1ccc(COCC2CCCC2)cc1. The summed E-state index contributed by atoms with van der Waals surface area (Å²) in [6.07, 6.45) is 6.46. The van der Waals surface area contributed by atoms with Crippen LogP contribution in [0.2, 0.25) is 0 Å². The third-order valence-corrected chi connectivity index (χ3v) is 3.55. The molecular weight excluding hydrogens is 210 g/mol. The number of benzene rings is 1. The minimum Gasteiger partial charge on any atom is -0.376 e. The van der Waals surface area contributed by atoms with Crippen molar-refractivity contribution in [2.75, 3.05) is 13.2 Å². The van der Waals surface area contributed by atoms with Gasteiger partial charge in [0.1, 0.15) is 0 Å². The minimum absolute atomic E-state index is 0.720. The van der Waals surface area contributed by atoms with E-state index in [4.69, 9.17) is 10.5 Å². The Kier molecular flexibility index (Phi) is 5.02. The molecule has 0 aliphatic heterocycles. The summed E-state index contributed by atoms with van der Waals surface area (Å²) in [4.78, 5) is 0. The Labute approximate surface area is 104 Å². The third kappa shape index (κ3) is 4.14. The van der Waals surface area contributed by atoms with E-state index >= 15 is 0 Å². The fourth-order valence-corrected chi connectivity index (χ4v) is 2.49. The summed E-state index contributed by atoms with van der Waals surface area (Å²) >= 11 is 0. The van der Waals surface area contributed by atoms with Gasteiger partial charge < -0.3 is 10.5 Å². The van der Waals surface area contributed by atoms with E-state index in [1.807, 2.05) is 0 Å². The maximum atomic E-state index is 5.78. The van der Waals surface area contributed by atoms with Gasteiger partial charge in [-0.3, -0.25) is 0 Å². The molecule has 1 aromatic carbocycles. The zero-order valence-corrected chi connectivity index (χ0v) is 10.5. The molecule has 2 rings (SSSR count). The second-order valence-electron chi connectivity index (χ2n) is 5.02. The first-order chi connectivity index (χ1) is 8.38. The van der Waals surface area contributed by atoms with Gasteiger partial charge in [0.2, 0.25) is 0 Å². The number of nitrogens with two attached hydrogens (primary N) is 1. The van der Waals surface area contributed by atoms with E-state index in [-0.39, 0.29) is 0 Å². The van der Waals surface area contributed by atoms with Gasteiger partial charge in [-0.2, -0.15) is 0 Å². The Morgan fingerprint density at radius 3 is 2.35 bits per heavy atom. The Morgan fingerprint density at radius 1 is 1.06 bits per heavy atom. The average molecular weight is 233 g/mol. The van der Waals surface area contributed by atoms with Crippen LogP contribution in [0.15, 0.2) is 24.3 Å². The Balaban J connectivity index is 1.70. The molecular formula is C15H23NO. The molecule has 1 aliphatic rings. The predicted octanol–water partition coefficient (Wildman–Crippen LogP) is 2.89. The quantitative estimate of drug-likeness (QED) is 0.820. The standard InChI is InChI=1S/C15H23NO/c16-10-9-13-5-7-15(8-6-13)12-17-11-14-3-1-2-4-14/h5-8,14H,1-4,9-12,16H2. The van der Waals surface area contributed by atoms with E-state index in [0.717, 1.165) is 32.1 Å². The van der Waals surface area contributed by atoms with E-state index in [9.17, 15) is 0 Å². The average Bonchev–Trinajstić information content (AvgIpc) is 2.85. The molecule has 0 radical (unpaired) electrons. The second-order valence-corrected chi connectivity index (χ2v) is 5.02. The molecule has 1 fully saturated rings. The molecule has 0 heterocycles. The lowest BCUT2D eigenvalue weighted by Gasteiger charge is -2.10. The fraction of sp³-hybridized carbons (Fsp3) is 0.600. The molecule has 1 aromatic rings. The lowest BCUT2D eigenvalue weighted by molar-refractivity contribution is 0.0889. The molecule has 0 amide bonds. The van der Waals surface area contributed by atoms with Crippen LogP contribution in [-0.4, -0.2) is 13.2 Å². The van der Waals surface area contributed by atoms with Crippen molar-refractivity contribution in [3.8, 4) is 0 Å². The Morgan fingerprint density at radius 2 is 1.71 bits per heavy atom. The van der Waals surface area contributed by atoms with Crippen molar-refractivity contribution in [3.63, 3.8) is 0 Å². The summed E-state index contributed by atoms with van der Waals surface area (Å²) in [6, 6.07) is 8.61. The van der Waals surface area contributed by atoms with Gasteiger partial charge in [-0.05, 0) is 42.9 Å². The highest BCUT2D eigenvalue weighted by atomic mass is 16.5. The molecule has 0 saturated heterocycles. The lowest BCUT2D eigenvalue weighted by atomic mass is 10.1. The first-order valence-electron chi connectivity index (χ1n) is 6.74. The van der Waals surface area contributed by atoms with Gasteiger partial charge in [-0.1, -0.05) is 37.1 Å². The van der Waals surface area contributed by atoms with E-state index in [1.54, 1.807) is 0 Å². The first kappa shape index (κ1) is 12.6. The van der Waals surface area contributed by atoms with Crippen LogP contribution < -0.4 is 5.73 Å². The molecule has 1 aliphatic carbocycles. The monoisotopic (exact) mass is 233 g/mol. The van der Waals surface area contributed by atoms with Crippen molar-refractivity contribution in [3.05, 3.63) is 35.4 Å². The molecule has 0 unspecified atom stereocenters. The molecule has 94 valence electrons. The van der Waals surface area contributed by atoms with Crippen molar-refractivity contribution < 1.29 is 4.74 Å². The maximum absolute atomic E-state index is 5.78. The van der Waals surface area contributed by atoms with Gasteiger partial charge in [0.25, 0.3) is 0 Å². The highest BCUT2D eigenvalue weighted by Crippen LogP contribution is 2.24. The van der Waals surface area contributed by atoms with Crippen molar-refractivity contribution in [2.24, 2.45) is 11.7 Å². The zero-order valence-electron chi connectivity index (χ0n) is 10.5. The summed E-state index contributed by atoms with van der Waals surface area (Å²) < 4.78 is 5.78. The van der Waals surface area contributed by atoms with Crippen LogP contribution in [0.3, 0.4) is 0 Å². The minimum atomic E-state index is 0.720. The number of rotatable bonds is 6. The molecule has 0 spiro atoms. The van der Waals surface area contributed by atoms with Gasteiger partial charge in [-0.15, -0.1) is 0 Å².